The predicted molar refractivity (Wildman–Crippen MR) is 91.5 cm³/mol. The zero-order chi connectivity index (χ0) is 21.7. The van der Waals surface area contributed by atoms with Crippen LogP contribution in [0.1, 0.15) is 11.3 Å². The number of anilines is 1. The van der Waals surface area contributed by atoms with Crippen LogP contribution in [0.5, 0.6) is 0 Å². The molecule has 158 valence electrons. The summed E-state index contributed by atoms with van der Waals surface area (Å²) in [6.07, 6.45) is -4.92. The molecular weight excluding hydrogens is 475 g/mol. The lowest BCUT2D eigenvalue weighted by atomic mass is 10.1. The molecule has 0 fully saturated rings. The second-order valence-corrected chi connectivity index (χ2v) is 7.58. The molecule has 0 saturated carbocycles. The number of nitrogen functional groups attached to an aromatic ring is 1. The number of nitrogens with two attached hydrogens (primary N) is 1. The average molecular weight is 482 g/mol. The lowest BCUT2D eigenvalue weighted by Gasteiger charge is -2.17. The molecule has 29 heavy (non-hydrogen) atoms. The van der Waals surface area contributed by atoms with Gasteiger partial charge in [0, 0.05) is 5.56 Å². The number of rotatable bonds is 3. The highest BCUT2D eigenvalue weighted by atomic mass is 35.5. The van der Waals surface area contributed by atoms with E-state index in [0.29, 0.717) is 6.07 Å². The number of hydrogen-bond acceptors (Lipinski definition) is 6. The van der Waals surface area contributed by atoms with Crippen LogP contribution in [0.3, 0.4) is 0 Å². The molecule has 0 radical (unpaired) electrons. The Bertz CT molecular complexity index is 994. The van der Waals surface area contributed by atoms with Crippen LogP contribution in [0, 0.1) is 0 Å². The number of hydrogen-bond donors (Lipinski definition) is 3. The fourth-order valence-corrected chi connectivity index (χ4v) is 3.94. The highest BCUT2D eigenvalue weighted by Crippen LogP contribution is 2.47. The minimum Gasteiger partial charge on any atom is -0.604 e. The number of benzene rings is 1. The molecule has 1 aromatic carbocycles. The molecule has 0 amide bonds. The number of alkyl halides is 6. The molecule has 0 spiro atoms. The number of aromatic amines is 1. The van der Waals surface area contributed by atoms with Crippen molar-refractivity contribution < 1.29 is 35.7 Å². The van der Waals surface area contributed by atoms with E-state index in [1.165, 1.54) is 0 Å². The maximum atomic E-state index is 13.2. The van der Waals surface area contributed by atoms with Gasteiger partial charge in [-0.15, -0.1) is 13.2 Å². The van der Waals surface area contributed by atoms with Gasteiger partial charge < -0.3 is 20.4 Å². The molecule has 0 bridgehead atoms. The standard InChI is InChI=1S/C13H7Cl2F6N5O2S/c14-4-1-3(12(16,17)18)7(22)6(15)5(4)8-10(29(27)13(19,20)21)9(25-24-8)11-23-2-28-26-11/h1H,2,22H2,(H,23,26)(H,24,25). The molecule has 7 nitrogen and oxygen atoms in total. The van der Waals surface area contributed by atoms with E-state index in [4.69, 9.17) is 28.9 Å². The van der Waals surface area contributed by atoms with Gasteiger partial charge in [0.2, 0.25) is 10.7 Å². The molecule has 16 heteroatoms. The van der Waals surface area contributed by atoms with Crippen LogP contribution < -0.4 is 11.1 Å². The first kappa shape index (κ1) is 21.7. The third-order valence-corrected chi connectivity index (χ3v) is 5.49. The second kappa shape index (κ2) is 7.34. The molecule has 4 N–H and O–H groups in total. The molecule has 0 aliphatic carbocycles. The van der Waals surface area contributed by atoms with Gasteiger partial charge in [0.25, 0.3) is 0 Å². The van der Waals surface area contributed by atoms with E-state index in [2.05, 4.69) is 25.5 Å². The first-order valence-electron chi connectivity index (χ1n) is 7.20. The maximum absolute atomic E-state index is 13.2. The van der Waals surface area contributed by atoms with E-state index in [0.717, 1.165) is 0 Å². The van der Waals surface area contributed by atoms with E-state index in [1.807, 2.05) is 0 Å². The van der Waals surface area contributed by atoms with Crippen molar-refractivity contribution in [2.24, 2.45) is 5.16 Å². The lowest BCUT2D eigenvalue weighted by molar-refractivity contribution is -0.136. The van der Waals surface area contributed by atoms with Gasteiger partial charge in [-0.25, -0.2) is 0 Å². The van der Waals surface area contributed by atoms with Gasteiger partial charge in [-0.3, -0.25) is 5.10 Å². The third-order valence-electron chi connectivity index (χ3n) is 3.61. The molecule has 0 saturated heterocycles. The summed E-state index contributed by atoms with van der Waals surface area (Å²) < 4.78 is 90.9. The van der Waals surface area contributed by atoms with Crippen LogP contribution in [0.25, 0.3) is 11.3 Å². The number of oxime groups is 1. The van der Waals surface area contributed by atoms with E-state index < -0.39 is 66.0 Å². The number of halogens is 8. The van der Waals surface area contributed by atoms with Crippen molar-refractivity contribution in [3.8, 4) is 11.3 Å². The normalized spacial score (nSPS) is 15.7. The Hall–Kier alpha value is -2.03. The second-order valence-electron chi connectivity index (χ2n) is 5.39. The Labute approximate surface area is 170 Å². The molecule has 1 aliphatic rings. The number of amidine groups is 1. The maximum Gasteiger partial charge on any atom is 0.578 e. The minimum atomic E-state index is -5.25. The van der Waals surface area contributed by atoms with Crippen molar-refractivity contribution in [2.45, 2.75) is 16.6 Å². The van der Waals surface area contributed by atoms with Gasteiger partial charge in [-0.05, 0) is 6.07 Å². The minimum absolute atomic E-state index is 0.190. The Morgan fingerprint density at radius 3 is 2.38 bits per heavy atom. The third kappa shape index (κ3) is 3.89. The molecular formula is C13H7Cl2F6N5O2S. The van der Waals surface area contributed by atoms with Crippen LogP contribution in [0.4, 0.5) is 32.0 Å². The summed E-state index contributed by atoms with van der Waals surface area (Å²) in [4.78, 5) is 3.65. The monoisotopic (exact) mass is 481 g/mol. The Morgan fingerprint density at radius 2 is 1.86 bits per heavy atom. The van der Waals surface area contributed by atoms with Gasteiger partial charge in [0.05, 0.1) is 21.3 Å². The fourth-order valence-electron chi connectivity index (χ4n) is 2.41. The molecule has 1 aliphatic heterocycles. The zero-order valence-electron chi connectivity index (χ0n) is 13.5. The highest BCUT2D eigenvalue weighted by molar-refractivity contribution is 7.92. The van der Waals surface area contributed by atoms with Crippen LogP contribution in [-0.2, 0) is 22.2 Å². The SMILES string of the molecule is Nc1c(C(F)(F)F)cc(Cl)c(-c2[nH]nc(C3=NOCN3)c2[S+]([O-])C(F)(F)F)c1Cl. The lowest BCUT2D eigenvalue weighted by Crippen LogP contribution is -2.28. The Balaban J connectivity index is 2.29. The zero-order valence-corrected chi connectivity index (χ0v) is 15.8. The van der Waals surface area contributed by atoms with E-state index >= 15 is 0 Å². The molecule has 2 aromatic rings. The van der Waals surface area contributed by atoms with E-state index in [1.54, 1.807) is 0 Å². The van der Waals surface area contributed by atoms with Crippen molar-refractivity contribution in [1.82, 2.24) is 15.5 Å². The fraction of sp³-hybridized carbons (Fsp3) is 0.231. The van der Waals surface area contributed by atoms with Crippen LogP contribution in [-0.4, -0.2) is 32.8 Å². The highest BCUT2D eigenvalue weighted by Gasteiger charge is 2.51. The number of nitrogens with one attached hydrogen (secondary N) is 2. The summed E-state index contributed by atoms with van der Waals surface area (Å²) in [5.41, 5.74) is -3.90. The Morgan fingerprint density at radius 1 is 1.21 bits per heavy atom. The predicted octanol–water partition coefficient (Wildman–Crippen LogP) is 3.85. The van der Waals surface area contributed by atoms with Crippen molar-refractivity contribution in [3.63, 3.8) is 0 Å². The topological polar surface area (TPSA) is 111 Å². The van der Waals surface area contributed by atoms with Crippen molar-refractivity contribution in [3.05, 3.63) is 27.4 Å². The molecule has 3 rings (SSSR count). The van der Waals surface area contributed by atoms with Gasteiger partial charge in [-0.1, -0.05) is 28.4 Å². The van der Waals surface area contributed by atoms with Gasteiger partial charge in [-0.2, -0.15) is 18.3 Å². The van der Waals surface area contributed by atoms with E-state index in [9.17, 15) is 30.9 Å². The first-order valence-corrected chi connectivity index (χ1v) is 9.10. The summed E-state index contributed by atoms with van der Waals surface area (Å²) in [6.45, 7) is -0.190. The first-order chi connectivity index (χ1) is 13.3. The molecule has 1 unspecified atom stereocenters. The van der Waals surface area contributed by atoms with Crippen LogP contribution >= 0.6 is 23.2 Å². The number of aromatic nitrogens is 2. The summed E-state index contributed by atoms with van der Waals surface area (Å²) in [7, 11) is 0. The number of H-pyrrole nitrogens is 1. The van der Waals surface area contributed by atoms with Crippen molar-refractivity contribution >= 4 is 45.9 Å². The van der Waals surface area contributed by atoms with Crippen LogP contribution in [0.2, 0.25) is 10.0 Å². The van der Waals surface area contributed by atoms with Gasteiger partial charge >= 0.3 is 11.7 Å². The summed E-state index contributed by atoms with van der Waals surface area (Å²) in [5, 5.41) is 10.2. The van der Waals surface area contributed by atoms with Crippen molar-refractivity contribution in [2.75, 3.05) is 12.5 Å². The molecule has 2 heterocycles. The van der Waals surface area contributed by atoms with E-state index in [-0.39, 0.29) is 12.6 Å². The summed E-state index contributed by atoms with van der Waals surface area (Å²) in [5.74, 6) is -0.285. The number of nitrogens with zero attached hydrogens (tertiary/aromatic N) is 2. The largest absolute Gasteiger partial charge is 0.604 e. The van der Waals surface area contributed by atoms with Crippen molar-refractivity contribution in [1.29, 1.82) is 0 Å². The van der Waals surface area contributed by atoms with Gasteiger partial charge in [0.1, 0.15) is 16.9 Å². The Kier molecular flexibility index (Phi) is 5.49. The summed E-state index contributed by atoms with van der Waals surface area (Å²) in [6, 6.07) is 0.396. The average Bonchev–Trinajstić information content (AvgIpc) is 3.25. The summed E-state index contributed by atoms with van der Waals surface area (Å²) >= 11 is 8.08. The quantitative estimate of drug-likeness (QED) is 0.350. The van der Waals surface area contributed by atoms with Crippen LogP contribution in [0.15, 0.2) is 16.1 Å². The smallest absolute Gasteiger partial charge is 0.578 e. The molecule has 1 atom stereocenters. The van der Waals surface area contributed by atoms with Gasteiger partial charge in [0.15, 0.2) is 12.4 Å². The molecule has 1 aromatic heterocycles.